The Morgan fingerprint density at radius 3 is 2.55 bits per heavy atom. The second-order valence-electron chi connectivity index (χ2n) is 9.08. The van der Waals surface area contributed by atoms with Crippen molar-refractivity contribution in [2.45, 2.75) is 44.4 Å². The molecular weight excluding hydrogens is 418 g/mol. The summed E-state index contributed by atoms with van der Waals surface area (Å²) in [7, 11) is 1.72. The molecule has 0 bridgehead atoms. The number of nitrogens with zero attached hydrogens (tertiary/aromatic N) is 5. The van der Waals surface area contributed by atoms with Gasteiger partial charge in [0.25, 0.3) is 5.56 Å². The summed E-state index contributed by atoms with van der Waals surface area (Å²) in [6.07, 6.45) is 7.79. The smallest absolute Gasteiger partial charge is 0.279 e. The minimum Gasteiger partial charge on any atom is -0.439 e. The zero-order chi connectivity index (χ0) is 22.5. The molecule has 1 aliphatic heterocycles. The van der Waals surface area contributed by atoms with Crippen molar-refractivity contribution < 1.29 is 9.47 Å². The minimum atomic E-state index is -0.129. The van der Waals surface area contributed by atoms with Gasteiger partial charge in [-0.05, 0) is 62.9 Å². The lowest BCUT2D eigenvalue weighted by Crippen LogP contribution is -2.22. The molecule has 4 heterocycles. The predicted molar refractivity (Wildman–Crippen MR) is 124 cm³/mol. The summed E-state index contributed by atoms with van der Waals surface area (Å²) in [6.45, 7) is 3.47. The SMILES string of the molecule is Cc1cc(C2CC2)n(-c2ccc(Oc3cn4c(C5CCOCC5)ncc4c(=O)n3C)cc2)n1. The molecule has 3 aromatic heterocycles. The highest BCUT2D eigenvalue weighted by Gasteiger charge is 2.28. The van der Waals surface area contributed by atoms with Gasteiger partial charge in [0.1, 0.15) is 17.1 Å². The molecule has 1 aliphatic carbocycles. The van der Waals surface area contributed by atoms with E-state index in [1.807, 2.05) is 46.5 Å². The number of hydrogen-bond acceptors (Lipinski definition) is 5. The zero-order valence-corrected chi connectivity index (χ0v) is 18.9. The third kappa shape index (κ3) is 3.64. The Bertz CT molecular complexity index is 1370. The van der Waals surface area contributed by atoms with E-state index in [0.29, 0.717) is 23.1 Å². The molecule has 0 atom stereocenters. The highest BCUT2D eigenvalue weighted by molar-refractivity contribution is 5.47. The molecule has 0 spiro atoms. The number of fused-ring (bicyclic) bond motifs is 1. The van der Waals surface area contributed by atoms with Gasteiger partial charge in [0.15, 0.2) is 0 Å². The van der Waals surface area contributed by atoms with Crippen LogP contribution in [0.2, 0.25) is 0 Å². The third-order valence-corrected chi connectivity index (χ3v) is 6.66. The second-order valence-corrected chi connectivity index (χ2v) is 9.08. The molecule has 2 fully saturated rings. The van der Waals surface area contributed by atoms with Gasteiger partial charge in [0, 0.05) is 37.8 Å². The van der Waals surface area contributed by atoms with Crippen LogP contribution >= 0.6 is 0 Å². The molecule has 8 nitrogen and oxygen atoms in total. The molecule has 6 rings (SSSR count). The first-order valence-electron chi connectivity index (χ1n) is 11.6. The molecule has 8 heteroatoms. The molecule has 2 aliphatic rings. The Morgan fingerprint density at radius 2 is 1.82 bits per heavy atom. The number of ether oxygens (including phenoxy) is 2. The van der Waals surface area contributed by atoms with Crippen LogP contribution in [0.5, 0.6) is 11.6 Å². The molecule has 0 N–H and O–H groups in total. The van der Waals surface area contributed by atoms with E-state index in [9.17, 15) is 4.79 Å². The predicted octanol–water partition coefficient (Wildman–Crippen LogP) is 4.09. The van der Waals surface area contributed by atoms with E-state index in [2.05, 4.69) is 16.1 Å². The largest absolute Gasteiger partial charge is 0.439 e. The Kier molecular flexibility index (Phi) is 4.83. The molecular formula is C25H27N5O3. The first kappa shape index (κ1) is 20.2. The number of aryl methyl sites for hydroxylation is 1. The molecule has 0 radical (unpaired) electrons. The van der Waals surface area contributed by atoms with Gasteiger partial charge in [-0.2, -0.15) is 5.10 Å². The fourth-order valence-corrected chi connectivity index (χ4v) is 4.66. The molecule has 0 unspecified atom stereocenters. The van der Waals surface area contributed by atoms with E-state index in [1.54, 1.807) is 13.2 Å². The Balaban J connectivity index is 1.31. The molecule has 4 aromatic rings. The molecule has 33 heavy (non-hydrogen) atoms. The summed E-state index contributed by atoms with van der Waals surface area (Å²) < 4.78 is 17.1. The van der Waals surface area contributed by atoms with Crippen molar-refractivity contribution in [2.75, 3.05) is 13.2 Å². The Labute approximate surface area is 191 Å². The summed E-state index contributed by atoms with van der Waals surface area (Å²) in [5, 5.41) is 4.68. The number of aromatic nitrogens is 5. The van der Waals surface area contributed by atoms with E-state index in [-0.39, 0.29) is 11.5 Å². The minimum absolute atomic E-state index is 0.129. The maximum absolute atomic E-state index is 13.0. The fraction of sp³-hybridized carbons (Fsp3) is 0.400. The summed E-state index contributed by atoms with van der Waals surface area (Å²) in [5.74, 6) is 2.92. The van der Waals surface area contributed by atoms with Gasteiger partial charge < -0.3 is 9.47 Å². The lowest BCUT2D eigenvalue weighted by Gasteiger charge is -2.21. The number of hydrogen-bond donors (Lipinski definition) is 0. The first-order chi connectivity index (χ1) is 16.1. The van der Waals surface area contributed by atoms with Crippen LogP contribution in [0.3, 0.4) is 0 Å². The monoisotopic (exact) mass is 445 g/mol. The zero-order valence-electron chi connectivity index (χ0n) is 18.9. The van der Waals surface area contributed by atoms with Crippen LogP contribution in [0.4, 0.5) is 0 Å². The third-order valence-electron chi connectivity index (χ3n) is 6.66. The first-order valence-corrected chi connectivity index (χ1v) is 11.6. The lowest BCUT2D eigenvalue weighted by molar-refractivity contribution is 0.0834. The average molecular weight is 446 g/mol. The van der Waals surface area contributed by atoms with Gasteiger partial charge in [0.05, 0.1) is 23.8 Å². The van der Waals surface area contributed by atoms with E-state index in [1.165, 1.54) is 23.1 Å². The van der Waals surface area contributed by atoms with E-state index < -0.39 is 0 Å². The van der Waals surface area contributed by atoms with Gasteiger partial charge in [-0.3, -0.25) is 13.8 Å². The van der Waals surface area contributed by atoms with Crippen molar-refractivity contribution in [1.29, 1.82) is 0 Å². The van der Waals surface area contributed by atoms with E-state index in [0.717, 1.165) is 43.3 Å². The normalized spacial score (nSPS) is 17.0. The van der Waals surface area contributed by atoms with Crippen LogP contribution < -0.4 is 10.3 Å². The van der Waals surface area contributed by atoms with Crippen LogP contribution in [-0.2, 0) is 11.8 Å². The maximum atomic E-state index is 13.0. The number of benzene rings is 1. The van der Waals surface area contributed by atoms with Crippen LogP contribution in [0, 0.1) is 6.92 Å². The van der Waals surface area contributed by atoms with Crippen molar-refractivity contribution in [2.24, 2.45) is 7.05 Å². The van der Waals surface area contributed by atoms with Crippen molar-refractivity contribution >= 4 is 5.52 Å². The summed E-state index contributed by atoms with van der Waals surface area (Å²) in [5.41, 5.74) is 3.74. The quantitative estimate of drug-likeness (QED) is 0.463. The van der Waals surface area contributed by atoms with Crippen LogP contribution in [0.15, 0.2) is 47.5 Å². The van der Waals surface area contributed by atoms with Gasteiger partial charge >= 0.3 is 0 Å². The number of imidazole rings is 1. The maximum Gasteiger partial charge on any atom is 0.279 e. The highest BCUT2D eigenvalue weighted by Crippen LogP contribution is 2.41. The highest BCUT2D eigenvalue weighted by atomic mass is 16.5. The fourth-order valence-electron chi connectivity index (χ4n) is 4.66. The van der Waals surface area contributed by atoms with Crippen LogP contribution in [0.1, 0.15) is 54.7 Å². The van der Waals surface area contributed by atoms with Crippen LogP contribution in [-0.4, -0.2) is 36.9 Å². The standard InChI is InChI=1S/C25H27N5O3/c1-16-13-21(17-3-4-17)30(27-16)19-5-7-20(8-6-19)33-23-15-29-22(25(31)28(23)2)14-26-24(29)18-9-11-32-12-10-18/h5-8,13-15,17-18H,3-4,9-12H2,1-2H3. The summed E-state index contributed by atoms with van der Waals surface area (Å²) >= 11 is 0. The molecule has 0 amide bonds. The van der Waals surface area contributed by atoms with Crippen LogP contribution in [0.25, 0.3) is 11.2 Å². The van der Waals surface area contributed by atoms with E-state index in [4.69, 9.17) is 9.47 Å². The van der Waals surface area contributed by atoms with Gasteiger partial charge in [0.2, 0.25) is 5.88 Å². The Morgan fingerprint density at radius 1 is 1.06 bits per heavy atom. The van der Waals surface area contributed by atoms with Crippen molar-refractivity contribution in [3.8, 4) is 17.3 Å². The van der Waals surface area contributed by atoms with Crippen molar-refractivity contribution in [3.63, 3.8) is 0 Å². The number of rotatable bonds is 5. The summed E-state index contributed by atoms with van der Waals surface area (Å²) in [4.78, 5) is 17.5. The molecule has 170 valence electrons. The van der Waals surface area contributed by atoms with Gasteiger partial charge in [-0.15, -0.1) is 0 Å². The van der Waals surface area contributed by atoms with Gasteiger partial charge in [-0.25, -0.2) is 9.67 Å². The van der Waals surface area contributed by atoms with E-state index >= 15 is 0 Å². The van der Waals surface area contributed by atoms with Crippen molar-refractivity contribution in [3.05, 3.63) is 70.3 Å². The van der Waals surface area contributed by atoms with Gasteiger partial charge in [-0.1, -0.05) is 0 Å². The second kappa shape index (κ2) is 7.88. The average Bonchev–Trinajstić information content (AvgIpc) is 3.48. The van der Waals surface area contributed by atoms with Crippen molar-refractivity contribution in [1.82, 2.24) is 23.7 Å². The lowest BCUT2D eigenvalue weighted by atomic mass is 10.00. The summed E-state index contributed by atoms with van der Waals surface area (Å²) in [6, 6.07) is 10.0. The Hall–Kier alpha value is -3.39. The topological polar surface area (TPSA) is 75.6 Å². The molecule has 1 saturated heterocycles. The molecule has 1 saturated carbocycles. The molecule has 1 aromatic carbocycles.